The van der Waals surface area contributed by atoms with E-state index < -0.39 is 0 Å². The molecule has 2 heterocycles. The number of nitrogens with zero attached hydrogens (tertiary/aromatic N) is 1. The summed E-state index contributed by atoms with van der Waals surface area (Å²) in [6.07, 6.45) is 3.66. The quantitative estimate of drug-likeness (QED) is 0.901. The van der Waals surface area contributed by atoms with Crippen molar-refractivity contribution in [2.24, 2.45) is 5.92 Å². The fourth-order valence-corrected chi connectivity index (χ4v) is 3.62. The first-order valence-corrected chi connectivity index (χ1v) is 8.45. The number of fused-ring (bicyclic) bond motifs is 1. The number of para-hydroxylation sites is 1. The van der Waals surface area contributed by atoms with Crippen molar-refractivity contribution in [3.63, 3.8) is 0 Å². The molecule has 0 radical (unpaired) electrons. The van der Waals surface area contributed by atoms with Crippen LogP contribution >= 0.6 is 0 Å². The first-order chi connectivity index (χ1) is 10.3. The number of aryl methyl sites for hydroxylation is 1. The molecule has 2 aliphatic rings. The Labute approximate surface area is 128 Å². The van der Waals surface area contributed by atoms with Gasteiger partial charge in [-0.3, -0.25) is 0 Å². The van der Waals surface area contributed by atoms with Gasteiger partial charge in [0.15, 0.2) is 0 Å². The maximum atomic E-state index is 5.74. The summed E-state index contributed by atoms with van der Waals surface area (Å²) < 4.78 is 5.74. The van der Waals surface area contributed by atoms with E-state index in [9.17, 15) is 0 Å². The Morgan fingerprint density at radius 1 is 1.29 bits per heavy atom. The van der Waals surface area contributed by atoms with Crippen LogP contribution in [0.5, 0.6) is 0 Å². The molecule has 0 spiro atoms. The van der Waals surface area contributed by atoms with Crippen LogP contribution in [-0.4, -0.2) is 38.4 Å². The van der Waals surface area contributed by atoms with Crippen LogP contribution in [0.3, 0.4) is 0 Å². The van der Waals surface area contributed by atoms with Gasteiger partial charge in [-0.25, -0.2) is 0 Å². The second kappa shape index (κ2) is 6.80. The van der Waals surface area contributed by atoms with Crippen LogP contribution in [0.15, 0.2) is 24.3 Å². The van der Waals surface area contributed by atoms with Crippen molar-refractivity contribution in [2.75, 3.05) is 31.2 Å². The summed E-state index contributed by atoms with van der Waals surface area (Å²) >= 11 is 0. The highest BCUT2D eigenvalue weighted by Gasteiger charge is 2.32. The minimum Gasteiger partial charge on any atom is -0.379 e. The molecular formula is C18H28N2O. The van der Waals surface area contributed by atoms with E-state index in [0.717, 1.165) is 26.3 Å². The van der Waals surface area contributed by atoms with E-state index in [2.05, 4.69) is 48.3 Å². The fourth-order valence-electron chi connectivity index (χ4n) is 3.62. The van der Waals surface area contributed by atoms with Crippen molar-refractivity contribution >= 4 is 5.69 Å². The highest BCUT2D eigenvalue weighted by Crippen LogP contribution is 2.32. The van der Waals surface area contributed by atoms with Gasteiger partial charge in [0.25, 0.3) is 0 Å². The zero-order valence-electron chi connectivity index (χ0n) is 13.3. The number of hydrogen-bond acceptors (Lipinski definition) is 3. The van der Waals surface area contributed by atoms with Gasteiger partial charge in [0.1, 0.15) is 0 Å². The molecule has 2 aliphatic heterocycles. The molecule has 1 N–H and O–H groups in total. The molecule has 3 unspecified atom stereocenters. The zero-order valence-corrected chi connectivity index (χ0v) is 13.3. The normalized spacial score (nSPS) is 28.7. The van der Waals surface area contributed by atoms with E-state index in [4.69, 9.17) is 4.74 Å². The third-order valence-electron chi connectivity index (χ3n) is 4.95. The molecule has 0 aliphatic carbocycles. The van der Waals surface area contributed by atoms with E-state index in [-0.39, 0.29) is 0 Å². The second-order valence-corrected chi connectivity index (χ2v) is 6.53. The lowest BCUT2D eigenvalue weighted by Gasteiger charge is -2.39. The summed E-state index contributed by atoms with van der Waals surface area (Å²) in [5, 5.41) is 3.66. The van der Waals surface area contributed by atoms with E-state index in [1.165, 1.54) is 30.5 Å². The Morgan fingerprint density at radius 3 is 3.00 bits per heavy atom. The molecule has 3 heteroatoms. The van der Waals surface area contributed by atoms with Crippen LogP contribution in [0, 0.1) is 5.92 Å². The van der Waals surface area contributed by atoms with Gasteiger partial charge in [-0.1, -0.05) is 25.1 Å². The summed E-state index contributed by atoms with van der Waals surface area (Å²) in [6, 6.07) is 10.1. The average Bonchev–Trinajstić information content (AvgIpc) is 2.95. The number of benzene rings is 1. The molecule has 21 heavy (non-hydrogen) atoms. The Balaban J connectivity index is 1.71. The lowest BCUT2D eigenvalue weighted by molar-refractivity contribution is 0.182. The molecule has 1 fully saturated rings. The first-order valence-electron chi connectivity index (χ1n) is 8.45. The Morgan fingerprint density at radius 2 is 2.14 bits per heavy atom. The third kappa shape index (κ3) is 3.24. The lowest BCUT2D eigenvalue weighted by atomic mass is 9.94. The SMILES string of the molecule is CCCNC1COCC1CN1c2ccccc2CCC1C. The van der Waals surface area contributed by atoms with Gasteiger partial charge in [-0.2, -0.15) is 0 Å². The van der Waals surface area contributed by atoms with Gasteiger partial charge in [0.2, 0.25) is 0 Å². The summed E-state index contributed by atoms with van der Waals surface area (Å²) in [4.78, 5) is 2.61. The smallest absolute Gasteiger partial charge is 0.0624 e. The number of hydrogen-bond donors (Lipinski definition) is 1. The third-order valence-corrected chi connectivity index (χ3v) is 4.95. The van der Waals surface area contributed by atoms with Gasteiger partial charge >= 0.3 is 0 Å². The number of nitrogens with one attached hydrogen (secondary N) is 1. The monoisotopic (exact) mass is 288 g/mol. The topological polar surface area (TPSA) is 24.5 Å². The van der Waals surface area contributed by atoms with E-state index in [1.54, 1.807) is 0 Å². The van der Waals surface area contributed by atoms with Gasteiger partial charge in [0.05, 0.1) is 13.2 Å². The van der Waals surface area contributed by atoms with Crippen LogP contribution in [0.1, 0.15) is 32.3 Å². The molecule has 0 aromatic heterocycles. The molecule has 1 saturated heterocycles. The van der Waals surface area contributed by atoms with Gasteiger partial charge < -0.3 is 15.0 Å². The van der Waals surface area contributed by atoms with E-state index in [0.29, 0.717) is 18.0 Å². The highest BCUT2D eigenvalue weighted by molar-refractivity contribution is 5.56. The number of rotatable bonds is 5. The van der Waals surface area contributed by atoms with Crippen LogP contribution in [-0.2, 0) is 11.2 Å². The molecule has 0 saturated carbocycles. The Kier molecular flexibility index (Phi) is 4.81. The van der Waals surface area contributed by atoms with Crippen molar-refractivity contribution in [3.05, 3.63) is 29.8 Å². The predicted octanol–water partition coefficient (Wildman–Crippen LogP) is 2.84. The van der Waals surface area contributed by atoms with Crippen molar-refractivity contribution < 1.29 is 4.74 Å². The fraction of sp³-hybridized carbons (Fsp3) is 0.667. The standard InChI is InChI=1S/C18H28N2O/c1-3-10-19-17-13-21-12-16(17)11-20-14(2)8-9-15-6-4-5-7-18(15)20/h4-7,14,16-17,19H,3,8-13H2,1-2H3. The lowest BCUT2D eigenvalue weighted by Crippen LogP contribution is -2.46. The minimum absolute atomic E-state index is 0.520. The van der Waals surface area contributed by atoms with E-state index >= 15 is 0 Å². The molecule has 0 amide bonds. The molecule has 1 aromatic carbocycles. The second-order valence-electron chi connectivity index (χ2n) is 6.53. The average molecular weight is 288 g/mol. The van der Waals surface area contributed by atoms with Crippen LogP contribution in [0.25, 0.3) is 0 Å². The maximum Gasteiger partial charge on any atom is 0.0624 e. The maximum absolute atomic E-state index is 5.74. The molecule has 0 bridgehead atoms. The van der Waals surface area contributed by atoms with Crippen LogP contribution in [0.2, 0.25) is 0 Å². The molecule has 116 valence electrons. The molecule has 3 nitrogen and oxygen atoms in total. The minimum atomic E-state index is 0.520. The molecule has 3 rings (SSSR count). The summed E-state index contributed by atoms with van der Waals surface area (Å²) in [5.74, 6) is 0.602. The summed E-state index contributed by atoms with van der Waals surface area (Å²) in [5.41, 5.74) is 2.95. The molecular weight excluding hydrogens is 260 g/mol. The van der Waals surface area contributed by atoms with Crippen molar-refractivity contribution in [1.29, 1.82) is 0 Å². The van der Waals surface area contributed by atoms with Crippen molar-refractivity contribution in [3.8, 4) is 0 Å². The largest absolute Gasteiger partial charge is 0.379 e. The Bertz CT molecular complexity index is 462. The van der Waals surface area contributed by atoms with Gasteiger partial charge in [0, 0.05) is 30.2 Å². The summed E-state index contributed by atoms with van der Waals surface area (Å²) in [7, 11) is 0. The van der Waals surface area contributed by atoms with Crippen LogP contribution in [0.4, 0.5) is 5.69 Å². The highest BCUT2D eigenvalue weighted by atomic mass is 16.5. The van der Waals surface area contributed by atoms with Crippen molar-refractivity contribution in [2.45, 2.75) is 45.2 Å². The molecule has 1 aromatic rings. The Hall–Kier alpha value is -1.06. The van der Waals surface area contributed by atoms with Crippen LogP contribution < -0.4 is 10.2 Å². The van der Waals surface area contributed by atoms with Crippen molar-refractivity contribution in [1.82, 2.24) is 5.32 Å². The van der Waals surface area contributed by atoms with E-state index in [1.807, 2.05) is 0 Å². The first kappa shape index (κ1) is 14.9. The van der Waals surface area contributed by atoms with Gasteiger partial charge in [-0.05, 0) is 44.4 Å². The zero-order chi connectivity index (χ0) is 14.7. The molecule has 3 atom stereocenters. The number of anilines is 1. The predicted molar refractivity (Wildman–Crippen MR) is 88.0 cm³/mol. The number of ether oxygens (including phenoxy) is 1. The summed E-state index contributed by atoms with van der Waals surface area (Å²) in [6.45, 7) is 8.55. The van der Waals surface area contributed by atoms with Gasteiger partial charge in [-0.15, -0.1) is 0 Å².